The van der Waals surface area contributed by atoms with Gasteiger partial charge in [-0.2, -0.15) is 5.26 Å². The molecule has 6 nitrogen and oxygen atoms in total. The highest BCUT2D eigenvalue weighted by atomic mass is 35.5. The zero-order valence-corrected chi connectivity index (χ0v) is 12.5. The fraction of sp³-hybridized carbons (Fsp3) is 0.154. The van der Waals surface area contributed by atoms with Gasteiger partial charge in [0.2, 0.25) is 9.84 Å². The van der Waals surface area contributed by atoms with Gasteiger partial charge >= 0.3 is 0 Å². The molecule has 1 aromatic carbocycles. The molecule has 0 spiro atoms. The molecule has 1 heterocycles. The lowest BCUT2D eigenvalue weighted by Crippen LogP contribution is -2.14. The fourth-order valence-electron chi connectivity index (χ4n) is 1.69. The minimum atomic E-state index is -3.96. The van der Waals surface area contributed by atoms with E-state index in [4.69, 9.17) is 16.3 Å². The highest BCUT2D eigenvalue weighted by molar-refractivity contribution is 7.92. The van der Waals surface area contributed by atoms with Crippen LogP contribution in [0.1, 0.15) is 10.9 Å². The Morgan fingerprint density at radius 2 is 1.86 bits per heavy atom. The summed E-state index contributed by atoms with van der Waals surface area (Å²) in [5.74, 6) is 0.514. The molecule has 0 aliphatic heterocycles. The molecule has 0 amide bonds. The molecule has 2 rings (SSSR count). The average Bonchev–Trinajstić information content (AvgIpc) is 2.50. The van der Waals surface area contributed by atoms with Gasteiger partial charge in [-0.25, -0.2) is 13.4 Å². The van der Waals surface area contributed by atoms with Crippen molar-refractivity contribution in [1.29, 1.82) is 5.26 Å². The normalized spacial score (nSPS) is 12.4. The first kappa shape index (κ1) is 15.2. The number of aromatic nitrogens is 2. The van der Waals surface area contributed by atoms with E-state index in [1.807, 2.05) is 0 Å². The summed E-state index contributed by atoms with van der Waals surface area (Å²) in [6.45, 7) is 0. The van der Waals surface area contributed by atoms with Crippen LogP contribution in [0.25, 0.3) is 0 Å². The van der Waals surface area contributed by atoms with Gasteiger partial charge in [0.1, 0.15) is 11.4 Å². The van der Waals surface area contributed by atoms with Crippen LogP contribution in [0.2, 0.25) is 5.15 Å². The predicted octanol–water partition coefficient (Wildman–Crippen LogP) is 2.18. The zero-order chi connectivity index (χ0) is 15.5. The van der Waals surface area contributed by atoms with E-state index in [-0.39, 0.29) is 15.7 Å². The average molecular weight is 324 g/mol. The lowest BCUT2D eigenvalue weighted by atomic mass is 10.3. The number of hydrogen-bond acceptors (Lipinski definition) is 6. The number of halogens is 1. The summed E-state index contributed by atoms with van der Waals surface area (Å²) in [6, 6.07) is 7.45. The highest BCUT2D eigenvalue weighted by Crippen LogP contribution is 2.30. The van der Waals surface area contributed by atoms with Crippen LogP contribution in [0.15, 0.2) is 41.6 Å². The summed E-state index contributed by atoms with van der Waals surface area (Å²) in [5, 5.41) is 7.59. The van der Waals surface area contributed by atoms with Crippen LogP contribution < -0.4 is 4.74 Å². The van der Waals surface area contributed by atoms with E-state index in [0.29, 0.717) is 5.75 Å². The van der Waals surface area contributed by atoms with Gasteiger partial charge in [0.15, 0.2) is 10.4 Å². The molecule has 0 N–H and O–H groups in total. The second kappa shape index (κ2) is 6.08. The molecule has 1 unspecified atom stereocenters. The summed E-state index contributed by atoms with van der Waals surface area (Å²) in [5.41, 5.74) is -0.0857. The van der Waals surface area contributed by atoms with Crippen LogP contribution in [0, 0.1) is 11.3 Å². The van der Waals surface area contributed by atoms with Crippen molar-refractivity contribution in [1.82, 2.24) is 9.97 Å². The predicted molar refractivity (Wildman–Crippen MR) is 75.6 cm³/mol. The molecule has 0 bridgehead atoms. The van der Waals surface area contributed by atoms with Crippen molar-refractivity contribution < 1.29 is 13.2 Å². The highest BCUT2D eigenvalue weighted by Gasteiger charge is 2.32. The maximum Gasteiger partial charge on any atom is 0.200 e. The number of rotatable bonds is 4. The van der Waals surface area contributed by atoms with Crippen LogP contribution in [-0.2, 0) is 9.84 Å². The van der Waals surface area contributed by atoms with Crippen molar-refractivity contribution in [2.24, 2.45) is 0 Å². The third-order valence-electron chi connectivity index (χ3n) is 2.74. The Balaban J connectivity index is 2.50. The Bertz CT molecular complexity index is 785. The Morgan fingerprint density at radius 1 is 1.24 bits per heavy atom. The maximum atomic E-state index is 12.5. The summed E-state index contributed by atoms with van der Waals surface area (Å²) < 4.78 is 30.0. The molecule has 0 aliphatic carbocycles. The zero-order valence-electron chi connectivity index (χ0n) is 10.9. The van der Waals surface area contributed by atoms with Crippen LogP contribution in [0.5, 0.6) is 5.75 Å². The first-order valence-electron chi connectivity index (χ1n) is 5.74. The van der Waals surface area contributed by atoms with Gasteiger partial charge in [0.25, 0.3) is 0 Å². The molecule has 1 aromatic heterocycles. The van der Waals surface area contributed by atoms with E-state index in [1.54, 1.807) is 6.07 Å². The SMILES string of the molecule is COc1ccc(S(=O)(=O)C(C#N)c2nccnc2Cl)cc1. The van der Waals surface area contributed by atoms with Gasteiger partial charge in [0, 0.05) is 12.4 Å². The molecule has 0 aliphatic rings. The quantitative estimate of drug-likeness (QED) is 0.856. The molecule has 0 saturated carbocycles. The lowest BCUT2D eigenvalue weighted by Gasteiger charge is -2.11. The molecule has 1 atom stereocenters. The summed E-state index contributed by atoms with van der Waals surface area (Å²) >= 11 is 5.83. The van der Waals surface area contributed by atoms with Gasteiger partial charge < -0.3 is 4.74 Å². The van der Waals surface area contributed by atoms with Gasteiger partial charge in [-0.3, -0.25) is 4.98 Å². The standard InChI is InChI=1S/C13H10ClN3O3S/c1-20-9-2-4-10(5-3-9)21(18,19)11(8-15)12-13(14)17-7-6-16-12/h2-7,11H,1H3. The van der Waals surface area contributed by atoms with Crippen molar-refractivity contribution in [3.63, 3.8) is 0 Å². The Labute approximate surface area is 126 Å². The molecule has 0 saturated heterocycles. The largest absolute Gasteiger partial charge is 0.497 e. The van der Waals surface area contributed by atoms with Gasteiger partial charge in [-0.1, -0.05) is 11.6 Å². The van der Waals surface area contributed by atoms with Gasteiger partial charge in [0.05, 0.1) is 18.1 Å². The molecular formula is C13H10ClN3O3S. The van der Waals surface area contributed by atoms with E-state index < -0.39 is 15.1 Å². The Kier molecular flexibility index (Phi) is 4.40. The monoisotopic (exact) mass is 323 g/mol. The first-order chi connectivity index (χ1) is 10.0. The summed E-state index contributed by atoms with van der Waals surface area (Å²) in [7, 11) is -2.48. The van der Waals surface area contributed by atoms with Crippen LogP contribution in [0.4, 0.5) is 0 Å². The van der Waals surface area contributed by atoms with Crippen LogP contribution in [0.3, 0.4) is 0 Å². The number of benzene rings is 1. The number of sulfone groups is 1. The van der Waals surface area contributed by atoms with Gasteiger partial charge in [-0.05, 0) is 24.3 Å². The molecule has 2 aromatic rings. The van der Waals surface area contributed by atoms with E-state index in [9.17, 15) is 13.7 Å². The molecule has 0 radical (unpaired) electrons. The van der Waals surface area contributed by atoms with Crippen molar-refractivity contribution >= 4 is 21.4 Å². The minimum Gasteiger partial charge on any atom is -0.497 e. The van der Waals surface area contributed by atoms with E-state index in [2.05, 4.69) is 9.97 Å². The summed E-state index contributed by atoms with van der Waals surface area (Å²) in [6.07, 6.45) is 2.61. The fourth-order valence-corrected chi connectivity index (χ4v) is 3.36. The van der Waals surface area contributed by atoms with Crippen LogP contribution >= 0.6 is 11.6 Å². The molecule has 108 valence electrons. The third kappa shape index (κ3) is 2.96. The molecule has 8 heteroatoms. The van der Waals surface area contributed by atoms with Crippen molar-refractivity contribution in [3.8, 4) is 11.8 Å². The maximum absolute atomic E-state index is 12.5. The van der Waals surface area contributed by atoms with E-state index >= 15 is 0 Å². The van der Waals surface area contributed by atoms with E-state index in [0.717, 1.165) is 0 Å². The summed E-state index contributed by atoms with van der Waals surface area (Å²) in [4.78, 5) is 7.59. The van der Waals surface area contributed by atoms with Crippen LogP contribution in [-0.4, -0.2) is 25.5 Å². The molecule has 0 fully saturated rings. The molecular weight excluding hydrogens is 314 g/mol. The number of nitrogens with zero attached hydrogens (tertiary/aromatic N) is 3. The number of methoxy groups -OCH3 is 1. The van der Waals surface area contributed by atoms with Gasteiger partial charge in [-0.15, -0.1) is 0 Å². The second-order valence-electron chi connectivity index (χ2n) is 3.96. The Hall–Kier alpha value is -2.17. The number of hydrogen-bond donors (Lipinski definition) is 0. The number of nitriles is 1. The first-order valence-corrected chi connectivity index (χ1v) is 7.67. The third-order valence-corrected chi connectivity index (χ3v) is 4.91. The lowest BCUT2D eigenvalue weighted by molar-refractivity contribution is 0.414. The molecule has 21 heavy (non-hydrogen) atoms. The smallest absolute Gasteiger partial charge is 0.200 e. The van der Waals surface area contributed by atoms with Crippen molar-refractivity contribution in [2.75, 3.05) is 7.11 Å². The Morgan fingerprint density at radius 3 is 2.38 bits per heavy atom. The van der Waals surface area contributed by atoms with E-state index in [1.165, 1.54) is 43.8 Å². The van der Waals surface area contributed by atoms with Crippen molar-refractivity contribution in [2.45, 2.75) is 10.1 Å². The number of ether oxygens (including phenoxy) is 1. The topological polar surface area (TPSA) is 92.9 Å². The second-order valence-corrected chi connectivity index (χ2v) is 6.35. The minimum absolute atomic E-state index is 0.0171. The van der Waals surface area contributed by atoms with Crippen molar-refractivity contribution in [3.05, 3.63) is 47.5 Å².